The smallest absolute Gasteiger partial charge is 0.255 e. The molecule has 134 valence electrons. The average Bonchev–Trinajstić information content (AvgIpc) is 3.10. The number of amides is 1. The Hall–Kier alpha value is -2.57. The Morgan fingerprint density at radius 3 is 2.81 bits per heavy atom. The molecule has 26 heavy (non-hydrogen) atoms. The van der Waals surface area contributed by atoms with Crippen molar-refractivity contribution in [1.29, 1.82) is 0 Å². The molecule has 1 saturated heterocycles. The molecule has 3 aromatic rings. The largest absolute Gasteiger partial charge is 0.459 e. The highest BCUT2D eigenvalue weighted by Gasteiger charge is 2.19. The van der Waals surface area contributed by atoms with Crippen LogP contribution in [-0.2, 0) is 11.3 Å². The Balaban J connectivity index is 1.44. The van der Waals surface area contributed by atoms with Gasteiger partial charge in [0.05, 0.1) is 30.3 Å². The second-order valence-electron chi connectivity index (χ2n) is 6.06. The number of rotatable bonds is 4. The first-order valence-corrected chi connectivity index (χ1v) is 8.82. The third-order valence-electron chi connectivity index (χ3n) is 4.29. The lowest BCUT2D eigenvalue weighted by atomic mass is 10.2. The van der Waals surface area contributed by atoms with Crippen molar-refractivity contribution in [1.82, 2.24) is 9.88 Å². The molecule has 1 aliphatic rings. The van der Waals surface area contributed by atoms with Gasteiger partial charge in [0.15, 0.2) is 0 Å². The van der Waals surface area contributed by atoms with Gasteiger partial charge in [-0.2, -0.15) is 0 Å². The molecule has 0 saturated carbocycles. The highest BCUT2D eigenvalue weighted by molar-refractivity contribution is 6.33. The number of fused-ring (bicyclic) bond motifs is 1. The molecular formula is C19H18ClN3O3. The quantitative estimate of drug-likeness (QED) is 0.759. The van der Waals surface area contributed by atoms with E-state index >= 15 is 0 Å². The van der Waals surface area contributed by atoms with E-state index in [1.165, 1.54) is 0 Å². The van der Waals surface area contributed by atoms with Crippen LogP contribution in [0.3, 0.4) is 0 Å². The third-order valence-corrected chi connectivity index (χ3v) is 4.58. The maximum absolute atomic E-state index is 12.5. The molecule has 0 spiro atoms. The molecule has 6 nitrogen and oxygen atoms in total. The SMILES string of the molecule is O=C(c1cnc(NCc2cc3ccccc3o2)c(Cl)c1)N1CCOCC1. The standard InChI is InChI=1S/C19H18ClN3O3/c20-16-10-14(19(24)23-5-7-25-8-6-23)11-21-18(16)22-12-15-9-13-3-1-2-4-17(13)26-15/h1-4,9-11H,5-8,12H2,(H,21,22). The van der Waals surface area contributed by atoms with Crippen LogP contribution in [-0.4, -0.2) is 42.1 Å². The molecule has 2 aromatic heterocycles. The van der Waals surface area contributed by atoms with E-state index in [2.05, 4.69) is 10.3 Å². The van der Waals surface area contributed by atoms with Crippen molar-refractivity contribution >= 4 is 34.3 Å². The van der Waals surface area contributed by atoms with E-state index < -0.39 is 0 Å². The number of halogens is 1. The Labute approximate surface area is 155 Å². The number of nitrogens with zero attached hydrogens (tertiary/aromatic N) is 2. The number of carbonyl (C=O) groups is 1. The maximum Gasteiger partial charge on any atom is 0.255 e. The number of pyridine rings is 1. The number of nitrogens with one attached hydrogen (secondary N) is 1. The van der Waals surface area contributed by atoms with E-state index in [1.54, 1.807) is 17.2 Å². The van der Waals surface area contributed by atoms with Crippen molar-refractivity contribution in [2.75, 3.05) is 31.6 Å². The molecule has 4 rings (SSSR count). The number of hydrogen-bond donors (Lipinski definition) is 1. The second-order valence-corrected chi connectivity index (χ2v) is 6.47. The van der Waals surface area contributed by atoms with E-state index in [-0.39, 0.29) is 5.91 Å². The van der Waals surface area contributed by atoms with Gasteiger partial charge in [-0.25, -0.2) is 4.98 Å². The van der Waals surface area contributed by atoms with Gasteiger partial charge < -0.3 is 19.4 Å². The van der Waals surface area contributed by atoms with Crippen molar-refractivity contribution in [3.05, 3.63) is 58.9 Å². The summed E-state index contributed by atoms with van der Waals surface area (Å²) in [6.07, 6.45) is 1.55. The minimum Gasteiger partial charge on any atom is -0.459 e. The van der Waals surface area contributed by atoms with E-state index in [4.69, 9.17) is 20.8 Å². The van der Waals surface area contributed by atoms with Crippen LogP contribution in [0.5, 0.6) is 0 Å². The summed E-state index contributed by atoms with van der Waals surface area (Å²) in [4.78, 5) is 18.5. The highest BCUT2D eigenvalue weighted by Crippen LogP contribution is 2.23. The van der Waals surface area contributed by atoms with Crippen molar-refractivity contribution in [3.63, 3.8) is 0 Å². The number of para-hydroxylation sites is 1. The van der Waals surface area contributed by atoms with Gasteiger partial charge in [-0.05, 0) is 18.2 Å². The first-order chi connectivity index (χ1) is 12.7. The molecule has 1 aromatic carbocycles. The maximum atomic E-state index is 12.5. The number of morpholine rings is 1. The molecule has 3 heterocycles. The first-order valence-electron chi connectivity index (χ1n) is 8.44. The number of aromatic nitrogens is 1. The summed E-state index contributed by atoms with van der Waals surface area (Å²) in [7, 11) is 0. The number of ether oxygens (including phenoxy) is 1. The fourth-order valence-corrected chi connectivity index (χ4v) is 3.16. The van der Waals surface area contributed by atoms with Gasteiger partial charge in [0.1, 0.15) is 17.2 Å². The van der Waals surface area contributed by atoms with Gasteiger partial charge in [0.25, 0.3) is 5.91 Å². The topological polar surface area (TPSA) is 67.6 Å². The fourth-order valence-electron chi connectivity index (χ4n) is 2.93. The van der Waals surface area contributed by atoms with E-state index in [0.717, 1.165) is 16.7 Å². The summed E-state index contributed by atoms with van der Waals surface area (Å²) in [5.74, 6) is 1.23. The molecule has 1 fully saturated rings. The van der Waals surface area contributed by atoms with E-state index in [9.17, 15) is 4.79 Å². The lowest BCUT2D eigenvalue weighted by molar-refractivity contribution is 0.0302. The van der Waals surface area contributed by atoms with Crippen molar-refractivity contribution in [2.24, 2.45) is 0 Å². The van der Waals surface area contributed by atoms with Gasteiger partial charge in [-0.3, -0.25) is 4.79 Å². The van der Waals surface area contributed by atoms with Crippen LogP contribution >= 0.6 is 11.6 Å². The van der Waals surface area contributed by atoms with Gasteiger partial charge in [0, 0.05) is 24.7 Å². The van der Waals surface area contributed by atoms with Crippen LogP contribution in [0.2, 0.25) is 5.02 Å². The van der Waals surface area contributed by atoms with Gasteiger partial charge >= 0.3 is 0 Å². The molecule has 1 amide bonds. The predicted molar refractivity (Wildman–Crippen MR) is 99.5 cm³/mol. The molecule has 0 atom stereocenters. The average molecular weight is 372 g/mol. The summed E-state index contributed by atoms with van der Waals surface area (Å²) < 4.78 is 11.0. The van der Waals surface area contributed by atoms with Gasteiger partial charge in [-0.1, -0.05) is 29.8 Å². The molecule has 0 unspecified atom stereocenters. The second kappa shape index (κ2) is 7.35. The van der Waals surface area contributed by atoms with Crippen LogP contribution < -0.4 is 5.32 Å². The van der Waals surface area contributed by atoms with Crippen molar-refractivity contribution in [3.8, 4) is 0 Å². The van der Waals surface area contributed by atoms with Crippen LogP contribution in [0.25, 0.3) is 11.0 Å². The van der Waals surface area contributed by atoms with Crippen LogP contribution in [0.1, 0.15) is 16.1 Å². The number of furan rings is 1. The predicted octanol–water partition coefficient (Wildman–Crippen LogP) is 3.57. The normalized spacial score (nSPS) is 14.6. The summed E-state index contributed by atoms with van der Waals surface area (Å²) in [5, 5.41) is 4.61. The number of anilines is 1. The zero-order chi connectivity index (χ0) is 17.9. The number of benzene rings is 1. The highest BCUT2D eigenvalue weighted by atomic mass is 35.5. The van der Waals surface area contributed by atoms with Crippen molar-refractivity contribution < 1.29 is 13.9 Å². The van der Waals surface area contributed by atoms with E-state index in [1.807, 2.05) is 30.3 Å². The monoisotopic (exact) mass is 371 g/mol. The Bertz CT molecular complexity index is 902. The zero-order valence-corrected chi connectivity index (χ0v) is 14.8. The molecule has 1 aliphatic heterocycles. The lowest BCUT2D eigenvalue weighted by Gasteiger charge is -2.26. The number of hydrogen-bond acceptors (Lipinski definition) is 5. The van der Waals surface area contributed by atoms with Crippen LogP contribution in [0.15, 0.2) is 47.0 Å². The Morgan fingerprint density at radius 1 is 1.23 bits per heavy atom. The number of carbonyl (C=O) groups excluding carboxylic acids is 1. The zero-order valence-electron chi connectivity index (χ0n) is 14.1. The lowest BCUT2D eigenvalue weighted by Crippen LogP contribution is -2.40. The Morgan fingerprint density at radius 2 is 2.04 bits per heavy atom. The summed E-state index contributed by atoms with van der Waals surface area (Å²) in [6.45, 7) is 2.75. The molecular weight excluding hydrogens is 354 g/mol. The molecule has 7 heteroatoms. The minimum atomic E-state index is -0.0773. The van der Waals surface area contributed by atoms with Crippen LogP contribution in [0, 0.1) is 0 Å². The van der Waals surface area contributed by atoms with Crippen LogP contribution in [0.4, 0.5) is 5.82 Å². The van der Waals surface area contributed by atoms with E-state index in [0.29, 0.717) is 49.3 Å². The Kier molecular flexibility index (Phi) is 4.77. The third kappa shape index (κ3) is 3.52. The van der Waals surface area contributed by atoms with Gasteiger partial charge in [-0.15, -0.1) is 0 Å². The molecule has 0 bridgehead atoms. The molecule has 0 aliphatic carbocycles. The summed E-state index contributed by atoms with van der Waals surface area (Å²) in [5.41, 5.74) is 1.32. The first kappa shape index (κ1) is 16.9. The fraction of sp³-hybridized carbons (Fsp3) is 0.263. The summed E-state index contributed by atoms with van der Waals surface area (Å²) in [6, 6.07) is 11.5. The minimum absolute atomic E-state index is 0.0773. The summed E-state index contributed by atoms with van der Waals surface area (Å²) >= 11 is 6.31. The molecule has 0 radical (unpaired) electrons. The van der Waals surface area contributed by atoms with Crippen molar-refractivity contribution in [2.45, 2.75) is 6.54 Å². The molecule has 1 N–H and O–H groups in total. The van der Waals surface area contributed by atoms with Gasteiger partial charge in [0.2, 0.25) is 0 Å².